The fraction of sp³-hybridized carbons (Fsp3) is 0.708. The molecule has 1 saturated heterocycles. The molecule has 1 aliphatic heterocycles. The van der Waals surface area contributed by atoms with Crippen molar-refractivity contribution in [1.82, 2.24) is 9.62 Å². The first-order valence-electron chi connectivity index (χ1n) is 11.7. The van der Waals surface area contributed by atoms with Gasteiger partial charge in [-0.15, -0.1) is 0 Å². The maximum atomic E-state index is 13.1. The van der Waals surface area contributed by atoms with Crippen molar-refractivity contribution < 1.29 is 13.2 Å². The molecule has 6 rings (SSSR count). The molecule has 1 N–H and O–H groups in total. The third kappa shape index (κ3) is 3.70. The zero-order valence-electron chi connectivity index (χ0n) is 18.1. The second-order valence-electron chi connectivity index (χ2n) is 10.9. The summed E-state index contributed by atoms with van der Waals surface area (Å²) in [7, 11) is -3.51. The molecule has 4 saturated carbocycles. The Bertz CT molecular complexity index is 879. The second-order valence-corrected chi connectivity index (χ2v) is 12.9. The van der Waals surface area contributed by atoms with E-state index in [2.05, 4.69) is 19.2 Å². The van der Waals surface area contributed by atoms with Crippen molar-refractivity contribution >= 4 is 15.9 Å². The summed E-state index contributed by atoms with van der Waals surface area (Å²) in [5.74, 6) is 3.01. The summed E-state index contributed by atoms with van der Waals surface area (Å²) in [6.07, 6.45) is 8.43. The molecule has 6 heteroatoms. The van der Waals surface area contributed by atoms with Crippen molar-refractivity contribution in [2.45, 2.75) is 69.2 Å². The standard InChI is InChI=1S/C24H34N2O3S/c1-16-7-17(2)15-26(14-16)30(28,29)22-5-3-21(4-6-22)23(27)25-24-11-18-8-19(12-24)10-20(9-18)13-24/h3-6,16-20H,7-15H2,1-2H3,(H,25,27)/t16-,17+,18?,19?,20?,24?. The van der Waals surface area contributed by atoms with Gasteiger partial charge in [-0.2, -0.15) is 4.31 Å². The van der Waals surface area contributed by atoms with Crippen LogP contribution in [0, 0.1) is 29.6 Å². The Labute approximate surface area is 180 Å². The highest BCUT2D eigenvalue weighted by atomic mass is 32.2. The normalized spacial score (nSPS) is 38.5. The molecule has 0 radical (unpaired) electrons. The van der Waals surface area contributed by atoms with E-state index >= 15 is 0 Å². The molecule has 0 unspecified atom stereocenters. The van der Waals surface area contributed by atoms with Crippen LogP contribution in [0.5, 0.6) is 0 Å². The molecule has 5 aliphatic rings. The number of nitrogens with zero attached hydrogens (tertiary/aromatic N) is 1. The first-order chi connectivity index (χ1) is 14.2. The van der Waals surface area contributed by atoms with E-state index in [0.29, 0.717) is 30.5 Å². The predicted molar refractivity (Wildman–Crippen MR) is 117 cm³/mol. The van der Waals surface area contributed by atoms with Crippen LogP contribution in [0.15, 0.2) is 29.2 Å². The number of sulfonamides is 1. The lowest BCUT2D eigenvalue weighted by atomic mass is 9.53. The van der Waals surface area contributed by atoms with Gasteiger partial charge in [-0.3, -0.25) is 4.79 Å². The molecular formula is C24H34N2O3S. The van der Waals surface area contributed by atoms with Crippen LogP contribution in [0.3, 0.4) is 0 Å². The van der Waals surface area contributed by atoms with Crippen LogP contribution in [0.4, 0.5) is 0 Å². The van der Waals surface area contributed by atoms with Gasteiger partial charge in [0.1, 0.15) is 0 Å². The minimum Gasteiger partial charge on any atom is -0.347 e. The lowest BCUT2D eigenvalue weighted by Crippen LogP contribution is -2.59. The molecule has 1 heterocycles. The second kappa shape index (κ2) is 7.33. The summed E-state index contributed by atoms with van der Waals surface area (Å²) in [4.78, 5) is 13.3. The number of nitrogens with one attached hydrogen (secondary N) is 1. The highest BCUT2D eigenvalue weighted by Crippen LogP contribution is 2.55. The highest BCUT2D eigenvalue weighted by Gasteiger charge is 2.51. The zero-order valence-corrected chi connectivity index (χ0v) is 19.0. The van der Waals surface area contributed by atoms with Crippen LogP contribution < -0.4 is 5.32 Å². The Hall–Kier alpha value is -1.40. The largest absolute Gasteiger partial charge is 0.347 e. The van der Waals surface area contributed by atoms with Crippen LogP contribution in [0.25, 0.3) is 0 Å². The Morgan fingerprint density at radius 2 is 1.40 bits per heavy atom. The van der Waals surface area contributed by atoms with Crippen molar-refractivity contribution in [1.29, 1.82) is 0 Å². The maximum absolute atomic E-state index is 13.1. The van der Waals surface area contributed by atoms with E-state index in [1.165, 1.54) is 19.3 Å². The Balaban J connectivity index is 1.30. The monoisotopic (exact) mass is 430 g/mol. The maximum Gasteiger partial charge on any atom is 0.251 e. The summed E-state index contributed by atoms with van der Waals surface area (Å²) >= 11 is 0. The van der Waals surface area contributed by atoms with E-state index < -0.39 is 10.0 Å². The van der Waals surface area contributed by atoms with Gasteiger partial charge in [-0.05, 0) is 98.8 Å². The molecular weight excluding hydrogens is 396 g/mol. The van der Waals surface area contributed by atoms with E-state index in [1.807, 2.05) is 0 Å². The minimum absolute atomic E-state index is 0.0311. The molecule has 0 aromatic heterocycles. The van der Waals surface area contributed by atoms with Gasteiger partial charge >= 0.3 is 0 Å². The smallest absolute Gasteiger partial charge is 0.251 e. The number of carbonyl (C=O) groups excluding carboxylic acids is 1. The molecule has 5 nitrogen and oxygen atoms in total. The Kier molecular flexibility index (Phi) is 5.01. The number of amides is 1. The molecule has 0 spiro atoms. The first kappa shape index (κ1) is 20.5. The van der Waals surface area contributed by atoms with Crippen molar-refractivity contribution in [3.63, 3.8) is 0 Å². The summed E-state index contributed by atoms with van der Waals surface area (Å²) in [6.45, 7) is 5.36. The van der Waals surface area contributed by atoms with Gasteiger partial charge in [0.15, 0.2) is 0 Å². The molecule has 1 aromatic rings. The minimum atomic E-state index is -3.51. The average Bonchev–Trinajstić information content (AvgIpc) is 2.66. The number of hydrogen-bond acceptors (Lipinski definition) is 3. The van der Waals surface area contributed by atoms with E-state index in [0.717, 1.165) is 43.4 Å². The fourth-order valence-electron chi connectivity index (χ4n) is 7.31. The summed E-state index contributed by atoms with van der Waals surface area (Å²) in [5.41, 5.74) is 0.529. The lowest BCUT2D eigenvalue weighted by Gasteiger charge is -2.56. The molecule has 4 aliphatic carbocycles. The third-order valence-corrected chi connectivity index (χ3v) is 9.85. The average molecular weight is 431 g/mol. The van der Waals surface area contributed by atoms with Crippen LogP contribution in [0.2, 0.25) is 0 Å². The Morgan fingerprint density at radius 3 is 1.90 bits per heavy atom. The predicted octanol–water partition coefficient (Wildman–Crippen LogP) is 4.05. The fourth-order valence-corrected chi connectivity index (χ4v) is 8.99. The van der Waals surface area contributed by atoms with Gasteiger partial charge in [-0.1, -0.05) is 13.8 Å². The van der Waals surface area contributed by atoms with Crippen LogP contribution in [0.1, 0.15) is 69.2 Å². The van der Waals surface area contributed by atoms with E-state index in [4.69, 9.17) is 0 Å². The van der Waals surface area contributed by atoms with Gasteiger partial charge in [0.25, 0.3) is 5.91 Å². The third-order valence-electron chi connectivity index (χ3n) is 8.01. The number of benzene rings is 1. The SMILES string of the molecule is C[C@@H]1C[C@H](C)CN(S(=O)(=O)c2ccc(C(=O)NC34CC5CC(CC(C5)C3)C4)cc2)C1. The zero-order chi connectivity index (χ0) is 21.1. The topological polar surface area (TPSA) is 66.5 Å². The van der Waals surface area contributed by atoms with Crippen molar-refractivity contribution in [2.24, 2.45) is 29.6 Å². The van der Waals surface area contributed by atoms with E-state index in [1.54, 1.807) is 28.6 Å². The Morgan fingerprint density at radius 1 is 0.900 bits per heavy atom. The number of carbonyl (C=O) groups is 1. The number of hydrogen-bond donors (Lipinski definition) is 1. The lowest BCUT2D eigenvalue weighted by molar-refractivity contribution is -0.0167. The van der Waals surface area contributed by atoms with E-state index in [-0.39, 0.29) is 16.3 Å². The summed E-state index contributed by atoms with van der Waals surface area (Å²) < 4.78 is 27.8. The van der Waals surface area contributed by atoms with Crippen LogP contribution in [-0.4, -0.2) is 37.3 Å². The van der Waals surface area contributed by atoms with Gasteiger partial charge in [0.2, 0.25) is 10.0 Å². The summed E-state index contributed by atoms with van der Waals surface area (Å²) in [5, 5.41) is 3.38. The van der Waals surface area contributed by atoms with Gasteiger partial charge in [-0.25, -0.2) is 8.42 Å². The van der Waals surface area contributed by atoms with Gasteiger partial charge in [0.05, 0.1) is 4.90 Å². The molecule has 30 heavy (non-hydrogen) atoms. The molecule has 4 bridgehead atoms. The van der Waals surface area contributed by atoms with Crippen molar-refractivity contribution in [2.75, 3.05) is 13.1 Å². The van der Waals surface area contributed by atoms with Gasteiger partial charge < -0.3 is 5.32 Å². The van der Waals surface area contributed by atoms with Crippen molar-refractivity contribution in [3.05, 3.63) is 29.8 Å². The van der Waals surface area contributed by atoms with Crippen molar-refractivity contribution in [3.8, 4) is 0 Å². The quantitative estimate of drug-likeness (QED) is 0.784. The van der Waals surface area contributed by atoms with Crippen LogP contribution in [-0.2, 0) is 10.0 Å². The van der Waals surface area contributed by atoms with Gasteiger partial charge in [0, 0.05) is 24.2 Å². The molecule has 1 aromatic carbocycles. The first-order valence-corrected chi connectivity index (χ1v) is 13.1. The van der Waals surface area contributed by atoms with Crippen LogP contribution >= 0.6 is 0 Å². The molecule has 5 fully saturated rings. The number of piperidine rings is 1. The van der Waals surface area contributed by atoms with E-state index in [9.17, 15) is 13.2 Å². The molecule has 2 atom stereocenters. The summed E-state index contributed by atoms with van der Waals surface area (Å²) in [6, 6.07) is 6.57. The highest BCUT2D eigenvalue weighted by molar-refractivity contribution is 7.89. The molecule has 164 valence electrons. The number of rotatable bonds is 4. The molecule has 1 amide bonds.